The van der Waals surface area contributed by atoms with Gasteiger partial charge in [0.25, 0.3) is 0 Å². The van der Waals surface area contributed by atoms with Crippen LogP contribution in [0.3, 0.4) is 0 Å². The van der Waals surface area contributed by atoms with Crippen molar-refractivity contribution in [1.29, 1.82) is 0 Å². The number of nitrogens with zero attached hydrogens (tertiary/aromatic N) is 9. The molecule has 0 bridgehead atoms. The molecule has 6 unspecified atom stereocenters. The van der Waals surface area contributed by atoms with Gasteiger partial charge in [0, 0.05) is 123 Å². The van der Waals surface area contributed by atoms with Crippen LogP contribution in [-0.2, 0) is 0 Å². The first-order valence-electron chi connectivity index (χ1n) is 26.2. The lowest BCUT2D eigenvalue weighted by Gasteiger charge is -2.49. The molecule has 6 atom stereocenters. The van der Waals surface area contributed by atoms with E-state index in [0.717, 1.165) is 75.6 Å². The summed E-state index contributed by atoms with van der Waals surface area (Å²) in [4.78, 5) is 39.0. The van der Waals surface area contributed by atoms with Gasteiger partial charge in [-0.25, -0.2) is 19.9 Å². The number of hydrogen-bond acceptors (Lipinski definition) is 9. The highest BCUT2D eigenvalue weighted by atomic mass is 127. The summed E-state index contributed by atoms with van der Waals surface area (Å²) in [6.45, 7) is 2.48. The summed E-state index contributed by atoms with van der Waals surface area (Å²) in [5.41, 5.74) is 17.1. The molecular weight excluding hydrogens is 1050 g/mol. The lowest BCUT2D eigenvalue weighted by molar-refractivity contribution is 0.293. The Morgan fingerprint density at radius 3 is 2.04 bits per heavy atom. The molecule has 76 heavy (non-hydrogen) atoms. The maximum Gasteiger partial charge on any atom is 0.160 e. The van der Waals surface area contributed by atoms with E-state index in [4.69, 9.17) is 19.9 Å². The van der Waals surface area contributed by atoms with Crippen LogP contribution in [0.5, 0.6) is 0 Å². The Morgan fingerprint density at radius 1 is 0.632 bits per heavy atom. The van der Waals surface area contributed by atoms with Crippen LogP contribution in [0, 0.1) is 11.8 Å². The molecule has 4 aromatic heterocycles. The normalized spacial score (nSPS) is 22.7. The first kappa shape index (κ1) is 46.2. The summed E-state index contributed by atoms with van der Waals surface area (Å²) in [6.07, 6.45) is 32.8. The zero-order valence-corrected chi connectivity index (χ0v) is 44.0. The second-order valence-corrected chi connectivity index (χ2v) is 22.5. The largest absolute Gasteiger partial charge is 0.337 e. The third-order valence-electron chi connectivity index (χ3n) is 16.2. The number of para-hydroxylation sites is 2. The van der Waals surface area contributed by atoms with Crippen molar-refractivity contribution in [3.63, 3.8) is 0 Å². The van der Waals surface area contributed by atoms with Crippen molar-refractivity contribution in [2.24, 2.45) is 16.8 Å². The Balaban J connectivity index is 0.841. The molecule has 368 valence electrons. The quantitative estimate of drug-likeness (QED) is 0.104. The summed E-state index contributed by atoms with van der Waals surface area (Å²) in [5.74, 6) is 2.08. The van der Waals surface area contributed by atoms with E-state index in [1.54, 1.807) is 0 Å². The molecule has 0 radical (unpaired) electrons. The summed E-state index contributed by atoms with van der Waals surface area (Å²) in [7, 11) is 0. The fraction of sp³-hybridized carbons (Fsp3) is 0.152. The van der Waals surface area contributed by atoms with Gasteiger partial charge in [-0.15, -0.1) is 0 Å². The average Bonchev–Trinajstić information content (AvgIpc) is 4.08. The van der Waals surface area contributed by atoms with Gasteiger partial charge in [0.15, 0.2) is 11.6 Å². The first-order chi connectivity index (χ1) is 37.6. The molecule has 8 heterocycles. The molecule has 0 saturated heterocycles. The summed E-state index contributed by atoms with van der Waals surface area (Å²) in [5, 5.41) is 0. The monoisotopic (exact) mass is 1100 g/mol. The van der Waals surface area contributed by atoms with E-state index in [-0.39, 0.29) is 44.5 Å². The predicted molar refractivity (Wildman–Crippen MR) is 318 cm³/mol. The highest BCUT2D eigenvalue weighted by molar-refractivity contribution is 14.2. The number of aromatic nitrogens is 6. The third kappa shape index (κ3) is 8.05. The van der Waals surface area contributed by atoms with Gasteiger partial charge >= 0.3 is 0 Å². The SMILES string of the molecule is CC12C(=CC=CC1C1C=CCCC3c4ccccc4N(c4ccc(-c5nc(C6=CC=IC=C6)cc(-c6ccncc6)n5)cc4)C31)c1ccccc1N2c1ccc(-c2nc(-c3ccncc3)cc(C3C=CN=CC3)n2)cc1. The molecule has 4 aliphatic heterocycles. The van der Waals surface area contributed by atoms with E-state index in [0.29, 0.717) is 17.6 Å². The van der Waals surface area contributed by atoms with Crippen molar-refractivity contribution in [3.05, 3.63) is 240 Å². The highest BCUT2D eigenvalue weighted by Crippen LogP contribution is 2.61. The van der Waals surface area contributed by atoms with Gasteiger partial charge in [-0.3, -0.25) is 15.0 Å². The van der Waals surface area contributed by atoms with Gasteiger partial charge in [-0.05, 0) is 155 Å². The molecule has 9 nitrogen and oxygen atoms in total. The van der Waals surface area contributed by atoms with Crippen LogP contribution in [0.25, 0.3) is 56.4 Å². The van der Waals surface area contributed by atoms with Gasteiger partial charge in [0.05, 0.1) is 28.3 Å². The minimum absolute atomic E-state index is 0.0619. The smallest absolute Gasteiger partial charge is 0.160 e. The number of hydrogen-bond donors (Lipinski definition) is 0. The van der Waals surface area contributed by atoms with Crippen molar-refractivity contribution in [2.45, 2.75) is 49.6 Å². The second-order valence-electron chi connectivity index (χ2n) is 20.3. The number of rotatable bonds is 9. The maximum atomic E-state index is 5.22. The Kier molecular flexibility index (Phi) is 11.8. The van der Waals surface area contributed by atoms with Crippen molar-refractivity contribution >= 4 is 64.9 Å². The summed E-state index contributed by atoms with van der Waals surface area (Å²) >= 11 is -0.0619. The number of anilines is 4. The standard InChI is InChI=1S/C66H52IN9/c1-66-55(53-11-5-7-16-62(53)76(66)50-23-19-48(20-24-50)65-73-59(45-29-37-69-38-30-45)42-60(74-65)46-31-39-70-40-32-46)13-8-14-56(66)54-12-3-2-10-52-51-9-4-6-15-61(51)75(63(52)54)49-21-17-47(18-22-49)64-71-57(43-25-33-67-34-26-43)41-58(72-64)44-27-35-68-36-28-44/h3-9,11-31,33-42,46,52,54,56,63H,2,10,32H2,1H3. The second kappa shape index (κ2) is 19.4. The fourth-order valence-corrected chi connectivity index (χ4v) is 14.1. The summed E-state index contributed by atoms with van der Waals surface area (Å²) < 4.78 is 4.58. The van der Waals surface area contributed by atoms with E-state index in [2.05, 4.69) is 198 Å². The topological polar surface area (TPSA) is 96.2 Å². The molecule has 2 aliphatic carbocycles. The number of pyridine rings is 2. The molecule has 4 aromatic carbocycles. The van der Waals surface area contributed by atoms with Gasteiger partial charge in [0.2, 0.25) is 0 Å². The minimum Gasteiger partial charge on any atom is -0.337 e. The summed E-state index contributed by atoms with van der Waals surface area (Å²) in [6, 6.07) is 48.5. The van der Waals surface area contributed by atoms with Gasteiger partial charge in [-0.2, -0.15) is 0 Å². The van der Waals surface area contributed by atoms with Crippen LogP contribution < -0.4 is 9.80 Å². The van der Waals surface area contributed by atoms with Gasteiger partial charge in [-0.1, -0.05) is 93.6 Å². The van der Waals surface area contributed by atoms with E-state index in [9.17, 15) is 0 Å². The number of aliphatic imine (C=N–C) groups is 1. The Hall–Kier alpha value is -8.35. The van der Waals surface area contributed by atoms with Crippen LogP contribution in [0.1, 0.15) is 60.5 Å². The zero-order chi connectivity index (χ0) is 50.6. The van der Waals surface area contributed by atoms with Gasteiger partial charge in [0.1, 0.15) is 0 Å². The molecule has 0 amide bonds. The number of halogens is 1. The highest BCUT2D eigenvalue weighted by Gasteiger charge is 2.56. The van der Waals surface area contributed by atoms with E-state index in [1.165, 1.54) is 33.8 Å². The van der Waals surface area contributed by atoms with Crippen molar-refractivity contribution < 1.29 is 0 Å². The van der Waals surface area contributed by atoms with Crippen LogP contribution in [-0.4, -0.2) is 51.7 Å². The molecule has 0 spiro atoms. The predicted octanol–water partition coefficient (Wildman–Crippen LogP) is 15.2. The van der Waals surface area contributed by atoms with Crippen molar-refractivity contribution in [2.75, 3.05) is 9.80 Å². The Morgan fingerprint density at radius 2 is 1.32 bits per heavy atom. The molecule has 14 rings (SSSR count). The van der Waals surface area contributed by atoms with Crippen molar-refractivity contribution in [1.82, 2.24) is 29.9 Å². The minimum atomic E-state index is -0.439. The Labute approximate surface area is 453 Å². The molecule has 0 N–H and O–H groups in total. The number of allylic oxidation sites excluding steroid dienone is 7. The van der Waals surface area contributed by atoms with E-state index < -0.39 is 5.54 Å². The molecule has 8 aromatic rings. The molecule has 6 aliphatic rings. The van der Waals surface area contributed by atoms with E-state index >= 15 is 0 Å². The zero-order valence-electron chi connectivity index (χ0n) is 41.9. The van der Waals surface area contributed by atoms with E-state index in [1.807, 2.05) is 61.5 Å². The Bertz CT molecular complexity index is 3800. The molecule has 0 saturated carbocycles. The average molecular weight is 1100 g/mol. The van der Waals surface area contributed by atoms with Crippen LogP contribution in [0.2, 0.25) is 0 Å². The van der Waals surface area contributed by atoms with Crippen LogP contribution >= 0.6 is 20.7 Å². The molecule has 0 fully saturated rings. The first-order valence-corrected chi connectivity index (χ1v) is 28.7. The maximum absolute atomic E-state index is 5.22. The lowest BCUT2D eigenvalue weighted by atomic mass is 9.66. The molecular formula is C66H52IN9. The fourth-order valence-electron chi connectivity index (χ4n) is 12.6. The number of benzene rings is 4. The van der Waals surface area contributed by atoms with Crippen molar-refractivity contribution in [3.8, 4) is 45.3 Å². The van der Waals surface area contributed by atoms with Crippen LogP contribution in [0.4, 0.5) is 22.7 Å². The third-order valence-corrected chi connectivity index (χ3v) is 17.7. The van der Waals surface area contributed by atoms with Gasteiger partial charge < -0.3 is 9.80 Å². The number of fused-ring (bicyclic) bond motifs is 6. The van der Waals surface area contributed by atoms with Crippen LogP contribution in [0.15, 0.2) is 222 Å². The molecule has 10 heteroatoms. The lowest BCUT2D eigenvalue weighted by Crippen LogP contribution is -2.53.